The Bertz CT molecular complexity index is 673. The topological polar surface area (TPSA) is 91.3 Å². The number of nitrogens with one attached hydrogen (secondary N) is 1. The minimum absolute atomic E-state index is 0.112. The first-order valence-corrected chi connectivity index (χ1v) is 9.05. The molecule has 0 spiro atoms. The Morgan fingerprint density at radius 1 is 1.22 bits per heavy atom. The molecule has 2 heterocycles. The summed E-state index contributed by atoms with van der Waals surface area (Å²) in [6.45, 7) is 3.56. The Morgan fingerprint density at radius 3 is 2.56 bits per heavy atom. The largest absolute Gasteiger partial charge is 0.490 e. The molecular weight excluding hydrogens is 357 g/mol. The first-order chi connectivity index (χ1) is 13.0. The Balaban J connectivity index is 1.50. The average molecular weight is 381 g/mol. The molecule has 9 heteroatoms. The third-order valence-electron chi connectivity index (χ3n) is 4.70. The second-order valence-corrected chi connectivity index (χ2v) is 6.67. The number of hydrogen-bond donors (Lipinski definition) is 2. The molecule has 148 valence electrons. The molecule has 2 N–H and O–H groups in total. The van der Waals surface area contributed by atoms with Crippen LogP contribution >= 0.6 is 0 Å². The Kier molecular flexibility index (Phi) is 6.46. The number of likely N-dealkylation sites (tertiary alicyclic amines) is 1. The third-order valence-corrected chi connectivity index (χ3v) is 4.70. The van der Waals surface area contributed by atoms with Crippen LogP contribution in [0.3, 0.4) is 0 Å². The maximum Gasteiger partial charge on any atom is 0.407 e. The highest BCUT2D eigenvalue weighted by Crippen LogP contribution is 2.24. The summed E-state index contributed by atoms with van der Waals surface area (Å²) in [5, 5.41) is 11.5. The highest BCUT2D eigenvalue weighted by molar-refractivity contribution is 5.92. The lowest BCUT2D eigenvalue weighted by Gasteiger charge is -2.30. The van der Waals surface area contributed by atoms with Crippen LogP contribution in [0.4, 0.5) is 14.9 Å². The van der Waals surface area contributed by atoms with Gasteiger partial charge in [-0.25, -0.2) is 9.18 Å². The molecule has 0 radical (unpaired) electrons. The average Bonchev–Trinajstić information content (AvgIpc) is 2.65. The molecular formula is C18H24FN3O5. The third kappa shape index (κ3) is 5.54. The summed E-state index contributed by atoms with van der Waals surface area (Å²) in [4.78, 5) is 26.3. The van der Waals surface area contributed by atoms with E-state index in [1.807, 2.05) is 4.90 Å². The number of ether oxygens (including phenoxy) is 2. The number of morpholine rings is 1. The standard InChI is InChI=1S/C18H24FN3O5/c19-15-11-14(27-13-3-5-22(6-4-13)18(24)25)1-2-16(15)20-17(23)12-21-7-9-26-10-8-21/h1-2,11,13H,3-10,12H2,(H,20,23)(H,24,25). The Morgan fingerprint density at radius 2 is 1.93 bits per heavy atom. The number of halogens is 1. The first-order valence-electron chi connectivity index (χ1n) is 9.05. The zero-order chi connectivity index (χ0) is 19.2. The number of amides is 2. The summed E-state index contributed by atoms with van der Waals surface area (Å²) in [6, 6.07) is 4.33. The molecule has 0 atom stereocenters. The molecule has 8 nitrogen and oxygen atoms in total. The number of anilines is 1. The fraction of sp³-hybridized carbons (Fsp3) is 0.556. The van der Waals surface area contributed by atoms with Crippen molar-refractivity contribution in [3.8, 4) is 5.75 Å². The van der Waals surface area contributed by atoms with E-state index in [9.17, 15) is 14.0 Å². The SMILES string of the molecule is O=C(CN1CCOCC1)Nc1ccc(OC2CCN(C(=O)O)CC2)cc1F. The second kappa shape index (κ2) is 9.01. The summed E-state index contributed by atoms with van der Waals surface area (Å²) >= 11 is 0. The lowest BCUT2D eigenvalue weighted by atomic mass is 10.1. The number of carboxylic acid groups (broad SMARTS) is 1. The minimum Gasteiger partial charge on any atom is -0.490 e. The lowest BCUT2D eigenvalue weighted by molar-refractivity contribution is -0.118. The van der Waals surface area contributed by atoms with Crippen LogP contribution in [0.2, 0.25) is 0 Å². The summed E-state index contributed by atoms with van der Waals surface area (Å²) in [6.07, 6.45) is 0.0381. The molecule has 2 fully saturated rings. The first kappa shape index (κ1) is 19.4. The van der Waals surface area contributed by atoms with Crippen molar-refractivity contribution in [2.75, 3.05) is 51.3 Å². The smallest absolute Gasteiger partial charge is 0.407 e. The van der Waals surface area contributed by atoms with Gasteiger partial charge in [-0.05, 0) is 12.1 Å². The molecule has 2 aliphatic rings. The number of carbonyl (C=O) groups is 2. The van der Waals surface area contributed by atoms with Crippen LogP contribution < -0.4 is 10.1 Å². The maximum absolute atomic E-state index is 14.3. The van der Waals surface area contributed by atoms with Crippen molar-refractivity contribution in [2.24, 2.45) is 0 Å². The van der Waals surface area contributed by atoms with E-state index in [-0.39, 0.29) is 24.2 Å². The number of piperidine rings is 1. The molecule has 0 aromatic heterocycles. The number of nitrogens with zero attached hydrogens (tertiary/aromatic N) is 2. The van der Waals surface area contributed by atoms with E-state index in [1.54, 1.807) is 6.07 Å². The molecule has 2 amide bonds. The molecule has 1 aromatic rings. The maximum atomic E-state index is 14.3. The number of carbonyl (C=O) groups excluding carboxylic acids is 1. The number of hydrogen-bond acceptors (Lipinski definition) is 5. The van der Waals surface area contributed by atoms with E-state index < -0.39 is 11.9 Å². The zero-order valence-corrected chi connectivity index (χ0v) is 15.0. The predicted octanol–water partition coefficient (Wildman–Crippen LogP) is 1.62. The molecule has 0 bridgehead atoms. The van der Waals surface area contributed by atoms with Crippen molar-refractivity contribution < 1.29 is 28.6 Å². The van der Waals surface area contributed by atoms with Crippen LogP contribution in [0.25, 0.3) is 0 Å². The van der Waals surface area contributed by atoms with Crippen LogP contribution in [0.15, 0.2) is 18.2 Å². The van der Waals surface area contributed by atoms with Gasteiger partial charge in [-0.2, -0.15) is 0 Å². The van der Waals surface area contributed by atoms with Gasteiger partial charge in [-0.1, -0.05) is 0 Å². The van der Waals surface area contributed by atoms with Crippen molar-refractivity contribution in [3.05, 3.63) is 24.0 Å². The van der Waals surface area contributed by atoms with Gasteiger partial charge in [-0.15, -0.1) is 0 Å². The zero-order valence-electron chi connectivity index (χ0n) is 15.0. The van der Waals surface area contributed by atoms with Gasteiger partial charge in [0.1, 0.15) is 17.7 Å². The van der Waals surface area contributed by atoms with Crippen LogP contribution in [0, 0.1) is 5.82 Å². The van der Waals surface area contributed by atoms with Crippen LogP contribution in [-0.2, 0) is 9.53 Å². The molecule has 1 aromatic carbocycles. The van der Waals surface area contributed by atoms with Crippen molar-refractivity contribution >= 4 is 17.7 Å². The fourth-order valence-electron chi connectivity index (χ4n) is 3.18. The van der Waals surface area contributed by atoms with E-state index >= 15 is 0 Å². The van der Waals surface area contributed by atoms with Gasteiger partial charge in [0.05, 0.1) is 25.4 Å². The van der Waals surface area contributed by atoms with Crippen molar-refractivity contribution in [1.82, 2.24) is 9.80 Å². The van der Waals surface area contributed by atoms with E-state index in [4.69, 9.17) is 14.6 Å². The van der Waals surface area contributed by atoms with Crippen molar-refractivity contribution in [1.29, 1.82) is 0 Å². The number of rotatable bonds is 5. The molecule has 0 unspecified atom stereocenters. The fourth-order valence-corrected chi connectivity index (χ4v) is 3.18. The molecule has 2 aliphatic heterocycles. The lowest BCUT2D eigenvalue weighted by Crippen LogP contribution is -2.41. The van der Waals surface area contributed by atoms with E-state index in [2.05, 4.69) is 5.32 Å². The summed E-state index contributed by atoms with van der Waals surface area (Å²) in [7, 11) is 0. The highest BCUT2D eigenvalue weighted by Gasteiger charge is 2.23. The highest BCUT2D eigenvalue weighted by atomic mass is 19.1. The molecule has 0 saturated carbocycles. The van der Waals surface area contributed by atoms with E-state index in [0.29, 0.717) is 58.0 Å². The van der Waals surface area contributed by atoms with Crippen LogP contribution in [-0.4, -0.2) is 78.9 Å². The van der Waals surface area contributed by atoms with E-state index in [0.717, 1.165) is 0 Å². The minimum atomic E-state index is -0.934. The van der Waals surface area contributed by atoms with Gasteiger partial charge in [-0.3, -0.25) is 9.69 Å². The Labute approximate surface area is 156 Å². The summed E-state index contributed by atoms with van der Waals surface area (Å²) in [5.74, 6) is -0.469. The summed E-state index contributed by atoms with van der Waals surface area (Å²) < 4.78 is 25.3. The van der Waals surface area contributed by atoms with Crippen molar-refractivity contribution in [3.63, 3.8) is 0 Å². The quantitative estimate of drug-likeness (QED) is 0.805. The van der Waals surface area contributed by atoms with Gasteiger partial charge in [0.2, 0.25) is 5.91 Å². The monoisotopic (exact) mass is 381 g/mol. The predicted molar refractivity (Wildman–Crippen MR) is 95.5 cm³/mol. The molecule has 0 aliphatic carbocycles. The van der Waals surface area contributed by atoms with Gasteiger partial charge in [0, 0.05) is 45.1 Å². The van der Waals surface area contributed by atoms with Gasteiger partial charge in [0.15, 0.2) is 0 Å². The van der Waals surface area contributed by atoms with E-state index in [1.165, 1.54) is 17.0 Å². The summed E-state index contributed by atoms with van der Waals surface area (Å²) in [5.41, 5.74) is 0.112. The molecule has 27 heavy (non-hydrogen) atoms. The van der Waals surface area contributed by atoms with Gasteiger partial charge >= 0.3 is 6.09 Å². The Hall–Kier alpha value is -2.39. The van der Waals surface area contributed by atoms with Crippen LogP contribution in [0.1, 0.15) is 12.8 Å². The normalized spacial score (nSPS) is 18.9. The van der Waals surface area contributed by atoms with Crippen LogP contribution in [0.5, 0.6) is 5.75 Å². The number of benzene rings is 1. The van der Waals surface area contributed by atoms with Gasteiger partial charge in [0.25, 0.3) is 0 Å². The van der Waals surface area contributed by atoms with Gasteiger partial charge < -0.3 is 24.8 Å². The molecule has 3 rings (SSSR count). The van der Waals surface area contributed by atoms with Crippen molar-refractivity contribution in [2.45, 2.75) is 18.9 Å². The second-order valence-electron chi connectivity index (χ2n) is 6.67. The molecule has 2 saturated heterocycles.